The molecule has 3 N–H and O–H groups in total. The van der Waals surface area contributed by atoms with Gasteiger partial charge < -0.3 is 16.0 Å². The van der Waals surface area contributed by atoms with Gasteiger partial charge in [0.05, 0.1) is 0 Å². The molecule has 4 nitrogen and oxygen atoms in total. The molecule has 0 heterocycles. The van der Waals surface area contributed by atoms with Crippen LogP contribution in [-0.4, -0.2) is 43.0 Å². The van der Waals surface area contributed by atoms with Gasteiger partial charge in [-0.25, -0.2) is 0 Å². The van der Waals surface area contributed by atoms with Gasteiger partial charge in [0, 0.05) is 31.6 Å². The average molecular weight is 267 g/mol. The van der Waals surface area contributed by atoms with E-state index in [0.717, 1.165) is 25.3 Å². The first-order valence-electron chi connectivity index (χ1n) is 7.88. The summed E-state index contributed by atoms with van der Waals surface area (Å²) in [5.41, 5.74) is 5.85. The van der Waals surface area contributed by atoms with Crippen molar-refractivity contribution in [3.8, 4) is 0 Å². The lowest BCUT2D eigenvalue weighted by atomic mass is 9.88. The fraction of sp³-hybridized carbons (Fsp3) is 0.933. The molecule has 2 saturated carbocycles. The number of carbonyl (C=O) groups excluding carboxylic acids is 1. The second-order valence-corrected chi connectivity index (χ2v) is 6.38. The first-order chi connectivity index (χ1) is 9.19. The molecule has 1 unspecified atom stereocenters. The molecule has 0 aromatic rings. The number of amides is 1. The van der Waals surface area contributed by atoms with Gasteiger partial charge in [-0.1, -0.05) is 19.3 Å². The Morgan fingerprint density at radius 3 is 2.53 bits per heavy atom. The van der Waals surface area contributed by atoms with E-state index in [-0.39, 0.29) is 11.9 Å². The first kappa shape index (κ1) is 14.8. The molecule has 0 aromatic heterocycles. The van der Waals surface area contributed by atoms with E-state index in [0.29, 0.717) is 19.0 Å². The molecule has 2 aliphatic carbocycles. The molecular formula is C15H29N3O. The molecular weight excluding hydrogens is 238 g/mol. The van der Waals surface area contributed by atoms with Gasteiger partial charge in [0.1, 0.15) is 0 Å². The molecule has 0 aliphatic heterocycles. The highest BCUT2D eigenvalue weighted by Gasteiger charge is 2.26. The van der Waals surface area contributed by atoms with Crippen molar-refractivity contribution in [3.05, 3.63) is 0 Å². The summed E-state index contributed by atoms with van der Waals surface area (Å²) in [6, 6.07) is 0.648. The lowest BCUT2D eigenvalue weighted by Gasteiger charge is -2.32. The summed E-state index contributed by atoms with van der Waals surface area (Å²) in [5, 5.41) is 3.06. The third-order valence-corrected chi connectivity index (χ3v) is 4.53. The Kier molecular flexibility index (Phi) is 5.64. The maximum Gasteiger partial charge on any atom is 0.221 e. The predicted molar refractivity (Wildman–Crippen MR) is 77.8 cm³/mol. The number of rotatable bonds is 7. The van der Waals surface area contributed by atoms with E-state index < -0.39 is 0 Å². The summed E-state index contributed by atoms with van der Waals surface area (Å²) in [7, 11) is 2.12. The van der Waals surface area contributed by atoms with E-state index in [1.807, 2.05) is 0 Å². The van der Waals surface area contributed by atoms with Crippen LogP contribution in [0, 0.1) is 5.92 Å². The smallest absolute Gasteiger partial charge is 0.221 e. The monoisotopic (exact) mass is 267 g/mol. The highest BCUT2D eigenvalue weighted by Crippen LogP contribution is 2.25. The van der Waals surface area contributed by atoms with Crippen LogP contribution in [0.1, 0.15) is 51.4 Å². The minimum absolute atomic E-state index is 0.174. The van der Waals surface area contributed by atoms with Crippen LogP contribution < -0.4 is 11.1 Å². The number of nitrogens with zero attached hydrogens (tertiary/aromatic N) is 1. The van der Waals surface area contributed by atoms with Crippen molar-refractivity contribution < 1.29 is 4.79 Å². The number of nitrogens with one attached hydrogen (secondary N) is 1. The van der Waals surface area contributed by atoms with E-state index in [2.05, 4.69) is 17.3 Å². The summed E-state index contributed by atoms with van der Waals surface area (Å²) >= 11 is 0. The summed E-state index contributed by atoms with van der Waals surface area (Å²) < 4.78 is 0. The number of hydrogen-bond acceptors (Lipinski definition) is 3. The van der Waals surface area contributed by atoms with Crippen molar-refractivity contribution in [2.75, 3.05) is 20.1 Å². The molecule has 0 spiro atoms. The summed E-state index contributed by atoms with van der Waals surface area (Å²) in [6.07, 6.45) is 9.67. The van der Waals surface area contributed by atoms with Crippen molar-refractivity contribution in [3.63, 3.8) is 0 Å². The van der Waals surface area contributed by atoms with Crippen LogP contribution >= 0.6 is 0 Å². The molecule has 0 saturated heterocycles. The molecule has 1 atom stereocenters. The van der Waals surface area contributed by atoms with Crippen LogP contribution in [0.25, 0.3) is 0 Å². The molecule has 0 radical (unpaired) electrons. The van der Waals surface area contributed by atoms with Crippen LogP contribution in [0.2, 0.25) is 0 Å². The van der Waals surface area contributed by atoms with E-state index >= 15 is 0 Å². The summed E-state index contributed by atoms with van der Waals surface area (Å²) in [6.45, 7) is 1.67. The van der Waals surface area contributed by atoms with Gasteiger partial charge in [-0.05, 0) is 38.6 Å². The molecule has 0 aromatic carbocycles. The lowest BCUT2D eigenvalue weighted by molar-refractivity contribution is -0.122. The van der Waals surface area contributed by atoms with Crippen LogP contribution in [-0.2, 0) is 4.79 Å². The van der Waals surface area contributed by atoms with Gasteiger partial charge in [-0.3, -0.25) is 4.79 Å². The molecule has 2 fully saturated rings. The first-order valence-corrected chi connectivity index (χ1v) is 7.88. The maximum atomic E-state index is 11.9. The molecule has 19 heavy (non-hydrogen) atoms. The lowest BCUT2D eigenvalue weighted by Crippen LogP contribution is -2.44. The minimum Gasteiger partial charge on any atom is -0.353 e. The van der Waals surface area contributed by atoms with Crippen LogP contribution in [0.4, 0.5) is 0 Å². The van der Waals surface area contributed by atoms with Gasteiger partial charge in [0.25, 0.3) is 0 Å². The molecule has 2 rings (SSSR count). The Morgan fingerprint density at radius 1 is 1.26 bits per heavy atom. The Hall–Kier alpha value is -0.610. The van der Waals surface area contributed by atoms with Crippen molar-refractivity contribution in [2.45, 2.75) is 63.5 Å². The van der Waals surface area contributed by atoms with Gasteiger partial charge >= 0.3 is 0 Å². The average Bonchev–Trinajstić information content (AvgIpc) is 3.21. The minimum atomic E-state index is 0.174. The molecule has 1 amide bonds. The molecule has 4 heteroatoms. The van der Waals surface area contributed by atoms with E-state index in [1.165, 1.54) is 32.1 Å². The summed E-state index contributed by atoms with van der Waals surface area (Å²) in [4.78, 5) is 14.2. The largest absolute Gasteiger partial charge is 0.353 e. The van der Waals surface area contributed by atoms with Crippen molar-refractivity contribution in [1.29, 1.82) is 0 Å². The number of carbonyl (C=O) groups is 1. The van der Waals surface area contributed by atoms with E-state index in [1.54, 1.807) is 0 Å². The number of likely N-dealkylation sites (N-methyl/N-ethyl adjacent to an activating group) is 1. The summed E-state index contributed by atoms with van der Waals surface area (Å²) in [5.74, 6) is 0.979. The Balaban J connectivity index is 1.72. The quantitative estimate of drug-likeness (QED) is 0.735. The Bertz CT molecular complexity index is 285. The fourth-order valence-electron chi connectivity index (χ4n) is 3.07. The Labute approximate surface area is 117 Å². The van der Waals surface area contributed by atoms with Gasteiger partial charge in [0.2, 0.25) is 5.91 Å². The van der Waals surface area contributed by atoms with Gasteiger partial charge in [0.15, 0.2) is 0 Å². The van der Waals surface area contributed by atoms with E-state index in [9.17, 15) is 4.79 Å². The fourth-order valence-corrected chi connectivity index (χ4v) is 3.07. The zero-order valence-corrected chi connectivity index (χ0v) is 12.2. The van der Waals surface area contributed by atoms with Gasteiger partial charge in [-0.2, -0.15) is 0 Å². The van der Waals surface area contributed by atoms with Gasteiger partial charge in [-0.15, -0.1) is 0 Å². The zero-order valence-electron chi connectivity index (χ0n) is 12.2. The Morgan fingerprint density at radius 2 is 1.95 bits per heavy atom. The maximum absolute atomic E-state index is 11.9. The van der Waals surface area contributed by atoms with Crippen molar-refractivity contribution in [2.24, 2.45) is 11.7 Å². The predicted octanol–water partition coefficient (Wildman–Crippen LogP) is 1.49. The highest BCUT2D eigenvalue weighted by atomic mass is 16.1. The SMILES string of the molecule is CN(CC1CCCCC1)C(CN)CC(=O)NC1CC1. The standard InChI is InChI=1S/C15H29N3O/c1-18(11-12-5-3-2-4-6-12)14(10-16)9-15(19)17-13-7-8-13/h12-14H,2-11,16H2,1H3,(H,17,19). The molecule has 110 valence electrons. The topological polar surface area (TPSA) is 58.4 Å². The molecule has 0 bridgehead atoms. The second kappa shape index (κ2) is 7.25. The number of nitrogens with two attached hydrogens (primary N) is 1. The zero-order chi connectivity index (χ0) is 13.7. The van der Waals surface area contributed by atoms with Crippen LogP contribution in [0.15, 0.2) is 0 Å². The van der Waals surface area contributed by atoms with E-state index in [4.69, 9.17) is 5.73 Å². The van der Waals surface area contributed by atoms with Crippen molar-refractivity contribution >= 4 is 5.91 Å². The van der Waals surface area contributed by atoms with Crippen LogP contribution in [0.5, 0.6) is 0 Å². The molecule has 2 aliphatic rings. The second-order valence-electron chi connectivity index (χ2n) is 6.38. The third kappa shape index (κ3) is 5.11. The number of hydrogen-bond donors (Lipinski definition) is 2. The van der Waals surface area contributed by atoms with Crippen LogP contribution in [0.3, 0.4) is 0 Å². The van der Waals surface area contributed by atoms with Crippen molar-refractivity contribution in [1.82, 2.24) is 10.2 Å². The highest BCUT2D eigenvalue weighted by molar-refractivity contribution is 5.77. The normalized spacial score (nSPS) is 22.5. The third-order valence-electron chi connectivity index (χ3n) is 4.53.